The summed E-state index contributed by atoms with van der Waals surface area (Å²) in [6, 6.07) is 0. The van der Waals surface area contributed by atoms with E-state index in [0.717, 1.165) is 10.9 Å². The van der Waals surface area contributed by atoms with Crippen molar-refractivity contribution < 1.29 is 56.8 Å². The predicted octanol–water partition coefficient (Wildman–Crippen LogP) is -1.92. The van der Waals surface area contributed by atoms with Crippen LogP contribution in [0.4, 0.5) is 5.95 Å². The van der Waals surface area contributed by atoms with Crippen molar-refractivity contribution in [2.45, 2.75) is 24.5 Å². The third-order valence-corrected chi connectivity index (χ3v) is 7.82. The molecule has 1 aliphatic rings. The number of aromatic amines is 1. The first-order valence-electron chi connectivity index (χ1n) is 8.15. The highest BCUT2D eigenvalue weighted by Gasteiger charge is 2.46. The van der Waals surface area contributed by atoms with Crippen molar-refractivity contribution in [3.8, 4) is 0 Å². The number of phosphoric acid groups is 2. The molecule has 0 bridgehead atoms. The van der Waals surface area contributed by atoms with Gasteiger partial charge in [-0.15, -0.1) is 0 Å². The molecule has 180 valence electrons. The van der Waals surface area contributed by atoms with Crippen molar-refractivity contribution in [3.63, 3.8) is 0 Å². The molecule has 0 amide bonds. The van der Waals surface area contributed by atoms with E-state index < -0.39 is 60.1 Å². The smallest absolute Gasteiger partial charge is 0.387 e. The summed E-state index contributed by atoms with van der Waals surface area (Å²) in [5, 5.41) is 27.5. The van der Waals surface area contributed by atoms with Crippen LogP contribution in [0.15, 0.2) is 11.1 Å². The lowest BCUT2D eigenvalue weighted by Gasteiger charge is -2.20. The van der Waals surface area contributed by atoms with E-state index in [1.54, 1.807) is 0 Å². The van der Waals surface area contributed by atoms with Gasteiger partial charge in [0.2, 0.25) is 5.95 Å². The number of nitrogens with two attached hydrogens (primary N) is 1. The number of hydrogen-bond donors (Lipinski definition) is 9. The number of rotatable bonds is 8. The molecule has 0 aromatic carbocycles. The number of aliphatic hydroxyl groups is 2. The summed E-state index contributed by atoms with van der Waals surface area (Å²) in [4.78, 5) is 57.8. The fourth-order valence-corrected chi connectivity index (χ4v) is 5.90. The van der Waals surface area contributed by atoms with Crippen LogP contribution in [0, 0.1) is 5.16 Å². The van der Waals surface area contributed by atoms with E-state index in [9.17, 15) is 33.9 Å². The van der Waals surface area contributed by atoms with E-state index in [1.165, 1.54) is 0 Å². The lowest BCUT2D eigenvalue weighted by Crippen LogP contribution is -2.33. The van der Waals surface area contributed by atoms with E-state index in [4.69, 9.17) is 25.4 Å². The Balaban J connectivity index is 1.72. The number of H-pyrrole nitrogens is 1. The monoisotopic (exact) mass is 522 g/mol. The zero-order valence-corrected chi connectivity index (χ0v) is 18.1. The van der Waals surface area contributed by atoms with E-state index in [1.807, 2.05) is 0 Å². The van der Waals surface area contributed by atoms with Gasteiger partial charge in [-0.05, 0) is 0 Å². The molecule has 19 nitrogen and oxygen atoms in total. The Labute approximate surface area is 176 Å². The summed E-state index contributed by atoms with van der Waals surface area (Å²) in [7, 11) is -16.0. The van der Waals surface area contributed by atoms with Gasteiger partial charge in [0.15, 0.2) is 17.4 Å². The van der Waals surface area contributed by atoms with Gasteiger partial charge in [0.1, 0.15) is 18.3 Å². The van der Waals surface area contributed by atoms with Crippen molar-refractivity contribution in [1.82, 2.24) is 19.5 Å². The zero-order valence-electron chi connectivity index (χ0n) is 15.4. The van der Waals surface area contributed by atoms with Gasteiger partial charge in [0.25, 0.3) is 5.56 Å². The van der Waals surface area contributed by atoms with Gasteiger partial charge in [0.05, 0.1) is 12.9 Å². The van der Waals surface area contributed by atoms with Crippen LogP contribution < -0.4 is 11.3 Å². The molecule has 3 rings (SSSR count). The van der Waals surface area contributed by atoms with Gasteiger partial charge in [-0.25, -0.2) is 27.9 Å². The molecule has 10 N–H and O–H groups in total. The van der Waals surface area contributed by atoms with E-state index in [0.29, 0.717) is 0 Å². The highest BCUT2D eigenvalue weighted by Crippen LogP contribution is 2.66. The van der Waals surface area contributed by atoms with Gasteiger partial charge >= 0.3 is 23.4 Å². The SMILES string of the molecule is N=P(O)(OP(=O)(O)O)OP(=O)(O)OC[C@H]1O[C@@H](n2cnc3c(=O)[nH]c(N)nc32)[C@H](O)[C@@H]1O. The first-order valence-corrected chi connectivity index (χ1v) is 12.8. The fourth-order valence-electron chi connectivity index (χ4n) is 2.72. The molecule has 22 heteroatoms. The van der Waals surface area contributed by atoms with E-state index in [2.05, 4.69) is 28.1 Å². The molecule has 0 saturated carbocycles. The Morgan fingerprint density at radius 1 is 1.22 bits per heavy atom. The maximum absolute atomic E-state index is 11.9. The second kappa shape index (κ2) is 8.66. The lowest BCUT2D eigenvalue weighted by atomic mass is 10.1. The van der Waals surface area contributed by atoms with Crippen molar-refractivity contribution in [2.24, 2.45) is 0 Å². The molecule has 1 aliphatic heterocycles. The van der Waals surface area contributed by atoms with Crippen LogP contribution in [0.25, 0.3) is 11.2 Å². The number of ether oxygens (including phenoxy) is 1. The highest BCUT2D eigenvalue weighted by atomic mass is 31.3. The second-order valence-corrected chi connectivity index (χ2v) is 10.8. The van der Waals surface area contributed by atoms with Crippen LogP contribution in [-0.4, -0.2) is 74.2 Å². The second-order valence-electron chi connectivity index (χ2n) is 6.26. The number of nitrogens with zero attached hydrogens (tertiary/aromatic N) is 3. The maximum Gasteiger partial charge on any atom is 0.480 e. The lowest BCUT2D eigenvalue weighted by molar-refractivity contribution is -0.0502. The summed E-state index contributed by atoms with van der Waals surface area (Å²) in [6.07, 6.45) is -5.19. The van der Waals surface area contributed by atoms with E-state index >= 15 is 0 Å². The minimum Gasteiger partial charge on any atom is -0.387 e. The Hall–Kier alpha value is -1.56. The maximum atomic E-state index is 11.9. The zero-order chi connectivity index (χ0) is 24.1. The highest BCUT2D eigenvalue weighted by molar-refractivity contribution is 7.67. The molecule has 0 radical (unpaired) electrons. The van der Waals surface area contributed by atoms with Crippen LogP contribution in [0.5, 0.6) is 0 Å². The summed E-state index contributed by atoms with van der Waals surface area (Å²) in [5.74, 6) is -0.265. The number of phosphoric ester groups is 1. The van der Waals surface area contributed by atoms with Gasteiger partial charge in [0, 0.05) is 0 Å². The van der Waals surface area contributed by atoms with Crippen molar-refractivity contribution in [3.05, 3.63) is 16.7 Å². The van der Waals surface area contributed by atoms with Gasteiger partial charge in [-0.1, -0.05) is 0 Å². The summed E-state index contributed by atoms with van der Waals surface area (Å²) >= 11 is 0. The molecule has 2 unspecified atom stereocenters. The third-order valence-electron chi connectivity index (χ3n) is 3.89. The van der Waals surface area contributed by atoms with Crippen LogP contribution in [0.3, 0.4) is 0 Å². The molecular weight excluding hydrogens is 505 g/mol. The number of fused-ring (bicyclic) bond motifs is 1. The Bertz CT molecular complexity index is 1210. The molecule has 1 fully saturated rings. The fraction of sp³-hybridized carbons (Fsp3) is 0.500. The number of imidazole rings is 1. The summed E-state index contributed by atoms with van der Waals surface area (Å²) in [6.45, 7) is -0.957. The van der Waals surface area contributed by atoms with Crippen LogP contribution in [0.2, 0.25) is 0 Å². The van der Waals surface area contributed by atoms with Gasteiger partial charge in [-0.3, -0.25) is 18.9 Å². The Morgan fingerprint density at radius 3 is 2.50 bits per heavy atom. The molecular formula is C10H17N6O13P3. The number of nitrogens with one attached hydrogen (secondary N) is 2. The molecule has 0 aliphatic carbocycles. The standard InChI is InChI=1S/C10H17N6O13P3/c11-10-14-7-4(8(19)15-10)13-2-16(7)9-6(18)5(17)3(27-9)1-26-32(24,25)29-30(12,20)28-31(21,22)23/h2-3,5-6,9,17-18H,1H2,(H2,12,20)(H,24,25)(H2,21,22,23)(H3,11,14,15,19)/t3-,5-,6-,9-,30?/m1/s1. The topological polar surface area (TPSA) is 306 Å². The number of anilines is 1. The Kier molecular flexibility index (Phi) is 6.78. The van der Waals surface area contributed by atoms with Crippen molar-refractivity contribution >= 4 is 40.5 Å². The largest absolute Gasteiger partial charge is 0.480 e. The minimum atomic E-state index is -5.44. The van der Waals surface area contributed by atoms with Crippen molar-refractivity contribution in [1.29, 1.82) is 5.16 Å². The Morgan fingerprint density at radius 2 is 1.88 bits per heavy atom. The minimum absolute atomic E-state index is 0.0983. The molecule has 32 heavy (non-hydrogen) atoms. The molecule has 3 heterocycles. The first kappa shape index (κ1) is 25.1. The number of aromatic nitrogens is 4. The quantitative estimate of drug-likeness (QED) is 0.171. The molecule has 0 spiro atoms. The normalized spacial score (nSPS) is 27.9. The van der Waals surface area contributed by atoms with Crippen LogP contribution >= 0.6 is 23.4 Å². The van der Waals surface area contributed by atoms with Crippen LogP contribution in [0.1, 0.15) is 6.23 Å². The molecule has 2 aromatic rings. The summed E-state index contributed by atoms with van der Waals surface area (Å²) < 4.78 is 41.0. The first-order chi connectivity index (χ1) is 14.6. The molecule has 6 atom stereocenters. The van der Waals surface area contributed by atoms with Crippen molar-refractivity contribution in [2.75, 3.05) is 12.3 Å². The van der Waals surface area contributed by atoms with Gasteiger partial charge < -0.3 is 40.3 Å². The average molecular weight is 522 g/mol. The molecule has 2 aromatic heterocycles. The predicted molar refractivity (Wildman–Crippen MR) is 100 cm³/mol. The molecule has 1 saturated heterocycles. The van der Waals surface area contributed by atoms with Gasteiger partial charge in [-0.2, -0.15) is 4.98 Å². The number of hydrogen-bond acceptors (Lipinski definition) is 13. The average Bonchev–Trinajstić information content (AvgIpc) is 3.12. The number of nitrogen functional groups attached to an aromatic ring is 1. The third kappa shape index (κ3) is 5.67. The summed E-state index contributed by atoms with van der Waals surface area (Å²) in [5.41, 5.74) is 4.55. The number of aliphatic hydroxyl groups excluding tert-OH is 2. The van der Waals surface area contributed by atoms with Crippen LogP contribution in [-0.2, 0) is 27.0 Å². The van der Waals surface area contributed by atoms with E-state index in [-0.39, 0.29) is 17.1 Å².